The molecule has 1 aliphatic rings. The van der Waals surface area contributed by atoms with Crippen molar-refractivity contribution in [2.24, 2.45) is 0 Å². The Morgan fingerprint density at radius 3 is 2.96 bits per heavy atom. The van der Waals surface area contributed by atoms with Crippen LogP contribution >= 0.6 is 11.3 Å². The number of hydrogen-bond donors (Lipinski definition) is 0. The molecular formula is C17H24N4OS. The van der Waals surface area contributed by atoms with Crippen LogP contribution in [-0.2, 0) is 11.3 Å². The summed E-state index contributed by atoms with van der Waals surface area (Å²) in [6.45, 7) is 5.73. The van der Waals surface area contributed by atoms with Gasteiger partial charge < -0.3 is 9.47 Å². The predicted molar refractivity (Wildman–Crippen MR) is 91.4 cm³/mol. The van der Waals surface area contributed by atoms with Gasteiger partial charge in [0.15, 0.2) is 0 Å². The van der Waals surface area contributed by atoms with Crippen molar-refractivity contribution in [3.63, 3.8) is 0 Å². The SMILES string of the molecule is Cc1csc([C@@H]2CCCCN2C(=O)CCCn2ccnc2C)n1. The van der Waals surface area contributed by atoms with Crippen molar-refractivity contribution in [1.82, 2.24) is 19.4 Å². The van der Waals surface area contributed by atoms with Crippen LogP contribution in [0.3, 0.4) is 0 Å². The number of imidazole rings is 1. The fourth-order valence-electron chi connectivity index (χ4n) is 3.20. The summed E-state index contributed by atoms with van der Waals surface area (Å²) in [5.41, 5.74) is 1.05. The van der Waals surface area contributed by atoms with Gasteiger partial charge in [0.1, 0.15) is 10.8 Å². The summed E-state index contributed by atoms with van der Waals surface area (Å²) in [4.78, 5) is 23.6. The number of carbonyl (C=O) groups is 1. The molecule has 23 heavy (non-hydrogen) atoms. The van der Waals surface area contributed by atoms with Crippen molar-refractivity contribution in [3.8, 4) is 0 Å². The summed E-state index contributed by atoms with van der Waals surface area (Å²) in [6.07, 6.45) is 8.56. The molecule has 3 heterocycles. The summed E-state index contributed by atoms with van der Waals surface area (Å²) >= 11 is 1.68. The topological polar surface area (TPSA) is 51.0 Å². The van der Waals surface area contributed by atoms with Crippen molar-refractivity contribution < 1.29 is 4.79 Å². The minimum Gasteiger partial charge on any atom is -0.335 e. The maximum atomic E-state index is 12.7. The van der Waals surface area contributed by atoms with Crippen molar-refractivity contribution in [3.05, 3.63) is 34.3 Å². The summed E-state index contributed by atoms with van der Waals surface area (Å²) in [6, 6.07) is 0.185. The second-order valence-corrected chi connectivity index (χ2v) is 7.09. The van der Waals surface area contributed by atoms with E-state index in [0.29, 0.717) is 6.42 Å². The quantitative estimate of drug-likeness (QED) is 0.842. The Morgan fingerprint density at radius 2 is 2.26 bits per heavy atom. The molecule has 0 aliphatic carbocycles. The summed E-state index contributed by atoms with van der Waals surface area (Å²) in [7, 11) is 0. The molecule has 0 aromatic carbocycles. The monoisotopic (exact) mass is 332 g/mol. The normalized spacial score (nSPS) is 18.3. The molecule has 0 bridgehead atoms. The minimum absolute atomic E-state index is 0.185. The molecule has 2 aromatic heterocycles. The minimum atomic E-state index is 0.185. The highest BCUT2D eigenvalue weighted by Crippen LogP contribution is 2.33. The molecule has 124 valence electrons. The van der Waals surface area contributed by atoms with E-state index in [1.165, 1.54) is 6.42 Å². The van der Waals surface area contributed by atoms with Crippen LogP contribution in [0, 0.1) is 13.8 Å². The molecule has 0 spiro atoms. The van der Waals surface area contributed by atoms with Crippen molar-refractivity contribution in [2.45, 2.75) is 58.5 Å². The van der Waals surface area contributed by atoms with Gasteiger partial charge in [-0.05, 0) is 39.5 Å². The Hall–Kier alpha value is -1.69. The van der Waals surface area contributed by atoms with Crippen LogP contribution in [-0.4, -0.2) is 31.9 Å². The molecular weight excluding hydrogens is 308 g/mol. The number of thiazole rings is 1. The van der Waals surface area contributed by atoms with Gasteiger partial charge in [0, 0.05) is 43.0 Å². The maximum Gasteiger partial charge on any atom is 0.223 e. The number of carbonyl (C=O) groups excluding carboxylic acids is 1. The van der Waals surface area contributed by atoms with Gasteiger partial charge in [-0.3, -0.25) is 4.79 Å². The Morgan fingerprint density at radius 1 is 1.39 bits per heavy atom. The number of piperidine rings is 1. The van der Waals surface area contributed by atoms with E-state index >= 15 is 0 Å². The van der Waals surface area contributed by atoms with E-state index in [4.69, 9.17) is 0 Å². The van der Waals surface area contributed by atoms with Gasteiger partial charge in [0.2, 0.25) is 5.91 Å². The molecule has 1 atom stereocenters. The summed E-state index contributed by atoms with van der Waals surface area (Å²) in [5.74, 6) is 1.27. The largest absolute Gasteiger partial charge is 0.335 e. The molecule has 0 radical (unpaired) electrons. The predicted octanol–water partition coefficient (Wildman–Crippen LogP) is 3.49. The Balaban J connectivity index is 1.59. The lowest BCUT2D eigenvalue weighted by molar-refractivity contribution is -0.135. The van der Waals surface area contributed by atoms with E-state index in [1.807, 2.05) is 26.2 Å². The van der Waals surface area contributed by atoms with Crippen LogP contribution in [0.4, 0.5) is 0 Å². The third-order valence-electron chi connectivity index (χ3n) is 4.46. The smallest absolute Gasteiger partial charge is 0.223 e. The fraction of sp³-hybridized carbons (Fsp3) is 0.588. The van der Waals surface area contributed by atoms with E-state index in [2.05, 4.69) is 24.8 Å². The van der Waals surface area contributed by atoms with Crippen LogP contribution in [0.2, 0.25) is 0 Å². The number of nitrogens with zero attached hydrogens (tertiary/aromatic N) is 4. The summed E-state index contributed by atoms with van der Waals surface area (Å²) < 4.78 is 2.10. The molecule has 0 N–H and O–H groups in total. The highest BCUT2D eigenvalue weighted by Gasteiger charge is 2.29. The van der Waals surface area contributed by atoms with Crippen LogP contribution in [0.25, 0.3) is 0 Å². The zero-order chi connectivity index (χ0) is 16.2. The number of rotatable bonds is 5. The molecule has 2 aromatic rings. The highest BCUT2D eigenvalue weighted by atomic mass is 32.1. The third kappa shape index (κ3) is 3.80. The van der Waals surface area contributed by atoms with Crippen molar-refractivity contribution in [2.75, 3.05) is 6.54 Å². The van der Waals surface area contributed by atoms with Gasteiger partial charge in [-0.25, -0.2) is 9.97 Å². The highest BCUT2D eigenvalue weighted by molar-refractivity contribution is 7.09. The zero-order valence-electron chi connectivity index (χ0n) is 13.9. The van der Waals surface area contributed by atoms with Gasteiger partial charge in [0.25, 0.3) is 0 Å². The first kappa shape index (κ1) is 16.2. The number of aromatic nitrogens is 3. The fourth-order valence-corrected chi connectivity index (χ4v) is 4.14. The van der Waals surface area contributed by atoms with E-state index in [-0.39, 0.29) is 11.9 Å². The first-order valence-electron chi connectivity index (χ1n) is 8.34. The number of hydrogen-bond acceptors (Lipinski definition) is 4. The average Bonchev–Trinajstić information content (AvgIpc) is 3.16. The molecule has 1 amide bonds. The lowest BCUT2D eigenvalue weighted by Crippen LogP contribution is -2.38. The van der Waals surface area contributed by atoms with Gasteiger partial charge in [-0.2, -0.15) is 0 Å². The summed E-state index contributed by atoms with van der Waals surface area (Å²) in [5, 5.41) is 3.18. The molecule has 1 fully saturated rings. The molecule has 5 nitrogen and oxygen atoms in total. The number of amides is 1. The lowest BCUT2D eigenvalue weighted by atomic mass is 10.0. The van der Waals surface area contributed by atoms with Crippen molar-refractivity contribution in [1.29, 1.82) is 0 Å². The van der Waals surface area contributed by atoms with E-state index < -0.39 is 0 Å². The van der Waals surface area contributed by atoms with E-state index in [0.717, 1.165) is 48.9 Å². The van der Waals surface area contributed by atoms with Crippen LogP contribution in [0.1, 0.15) is 54.7 Å². The maximum absolute atomic E-state index is 12.7. The Labute approximate surface area is 141 Å². The van der Waals surface area contributed by atoms with Gasteiger partial charge in [0.05, 0.1) is 6.04 Å². The Kier molecular flexibility index (Phi) is 5.10. The molecule has 1 aliphatic heterocycles. The van der Waals surface area contributed by atoms with Gasteiger partial charge in [-0.15, -0.1) is 11.3 Å². The zero-order valence-corrected chi connectivity index (χ0v) is 14.7. The third-order valence-corrected chi connectivity index (χ3v) is 5.52. The molecule has 0 unspecified atom stereocenters. The first-order valence-corrected chi connectivity index (χ1v) is 9.22. The van der Waals surface area contributed by atoms with Crippen molar-refractivity contribution >= 4 is 17.2 Å². The van der Waals surface area contributed by atoms with Gasteiger partial charge >= 0.3 is 0 Å². The van der Waals surface area contributed by atoms with Crippen LogP contribution in [0.15, 0.2) is 17.8 Å². The first-order chi connectivity index (χ1) is 11.1. The second kappa shape index (κ2) is 7.25. The molecule has 6 heteroatoms. The van der Waals surface area contributed by atoms with Gasteiger partial charge in [-0.1, -0.05) is 0 Å². The molecule has 0 saturated carbocycles. The Bertz CT molecular complexity index is 663. The lowest BCUT2D eigenvalue weighted by Gasteiger charge is -2.34. The van der Waals surface area contributed by atoms with E-state index in [1.54, 1.807) is 11.3 Å². The average molecular weight is 332 g/mol. The molecule has 3 rings (SSSR count). The van der Waals surface area contributed by atoms with Crippen LogP contribution < -0.4 is 0 Å². The van der Waals surface area contributed by atoms with E-state index in [9.17, 15) is 4.79 Å². The molecule has 1 saturated heterocycles. The standard InChI is InChI=1S/C17H24N4OS/c1-13-12-23-17(19-13)15-6-3-4-10-21(15)16(22)7-5-9-20-11-8-18-14(20)2/h8,11-12,15H,3-7,9-10H2,1-2H3/t15-/m0/s1. The second-order valence-electron chi connectivity index (χ2n) is 6.20. The number of aryl methyl sites for hydroxylation is 3. The van der Waals surface area contributed by atoms with Crippen LogP contribution in [0.5, 0.6) is 0 Å². The number of likely N-dealkylation sites (tertiary alicyclic amines) is 1.